The third-order valence-electron chi connectivity index (χ3n) is 2.62. The number of amides is 1. The van der Waals surface area contributed by atoms with Crippen LogP contribution in [-0.4, -0.2) is 18.1 Å². The second-order valence-corrected chi connectivity index (χ2v) is 3.74. The van der Waals surface area contributed by atoms with Crippen LogP contribution in [0.1, 0.15) is 12.5 Å². The molecule has 0 atom stereocenters. The van der Waals surface area contributed by atoms with Gasteiger partial charge in [-0.15, -0.1) is 0 Å². The van der Waals surface area contributed by atoms with Crippen molar-refractivity contribution in [2.75, 3.05) is 6.61 Å². The van der Waals surface area contributed by atoms with Crippen molar-refractivity contribution in [3.8, 4) is 0 Å². The Labute approximate surface area is 101 Å². The molecule has 0 unspecified atom stereocenters. The lowest BCUT2D eigenvalue weighted by Crippen LogP contribution is -2.21. The Balaban J connectivity index is 2.31. The molecule has 0 aliphatic carbocycles. The third kappa shape index (κ3) is 2.63. The zero-order valence-electron chi connectivity index (χ0n) is 9.80. The minimum Gasteiger partial charge on any atom is -0.276 e. The van der Waals surface area contributed by atoms with E-state index in [1.807, 2.05) is 31.2 Å². The Kier molecular flexibility index (Phi) is 3.73. The van der Waals surface area contributed by atoms with E-state index in [-0.39, 0.29) is 0 Å². The summed E-state index contributed by atoms with van der Waals surface area (Å²) in [7, 11) is 0. The van der Waals surface area contributed by atoms with Crippen molar-refractivity contribution in [1.29, 1.82) is 0 Å². The first kappa shape index (κ1) is 11.6. The number of benzene rings is 2. The molecule has 0 saturated carbocycles. The van der Waals surface area contributed by atoms with Crippen molar-refractivity contribution in [1.82, 2.24) is 5.06 Å². The minimum atomic E-state index is 0.471. The van der Waals surface area contributed by atoms with E-state index in [0.717, 1.165) is 10.9 Å². The molecule has 0 spiro atoms. The van der Waals surface area contributed by atoms with E-state index in [0.29, 0.717) is 19.6 Å². The van der Waals surface area contributed by atoms with Gasteiger partial charge in [-0.2, -0.15) is 0 Å². The molecule has 3 nitrogen and oxygen atoms in total. The summed E-state index contributed by atoms with van der Waals surface area (Å²) in [6.45, 7) is 2.82. The Morgan fingerprint density at radius 3 is 2.71 bits per heavy atom. The first-order valence-corrected chi connectivity index (χ1v) is 5.66. The number of nitrogens with zero attached hydrogens (tertiary/aromatic N) is 1. The summed E-state index contributed by atoms with van der Waals surface area (Å²) in [4.78, 5) is 16.0. The largest absolute Gasteiger partial charge is 0.276 e. The van der Waals surface area contributed by atoms with Crippen molar-refractivity contribution < 1.29 is 9.63 Å². The zero-order chi connectivity index (χ0) is 12.1. The summed E-state index contributed by atoms with van der Waals surface area (Å²) in [5.41, 5.74) is 1.09. The lowest BCUT2D eigenvalue weighted by Gasteiger charge is -2.16. The number of hydrogen-bond acceptors (Lipinski definition) is 2. The van der Waals surface area contributed by atoms with Gasteiger partial charge in [0.1, 0.15) is 0 Å². The fourth-order valence-electron chi connectivity index (χ4n) is 1.88. The number of hydroxylamine groups is 2. The van der Waals surface area contributed by atoms with E-state index in [1.165, 1.54) is 10.4 Å². The van der Waals surface area contributed by atoms with Crippen molar-refractivity contribution in [2.45, 2.75) is 13.5 Å². The van der Waals surface area contributed by atoms with Crippen LogP contribution >= 0.6 is 0 Å². The van der Waals surface area contributed by atoms with Gasteiger partial charge in [0.2, 0.25) is 6.41 Å². The lowest BCUT2D eigenvalue weighted by molar-refractivity contribution is -0.173. The molecule has 0 heterocycles. The normalized spacial score (nSPS) is 10.4. The fourth-order valence-corrected chi connectivity index (χ4v) is 1.88. The summed E-state index contributed by atoms with van der Waals surface area (Å²) in [5, 5.41) is 3.65. The van der Waals surface area contributed by atoms with Gasteiger partial charge in [0.05, 0.1) is 13.2 Å². The minimum absolute atomic E-state index is 0.471. The van der Waals surface area contributed by atoms with Crippen LogP contribution in [0.5, 0.6) is 0 Å². The van der Waals surface area contributed by atoms with E-state index in [4.69, 9.17) is 4.84 Å². The molecule has 0 aliphatic heterocycles. The van der Waals surface area contributed by atoms with Crippen LogP contribution in [0.3, 0.4) is 0 Å². The molecule has 2 aromatic carbocycles. The van der Waals surface area contributed by atoms with E-state index in [1.54, 1.807) is 0 Å². The van der Waals surface area contributed by atoms with E-state index < -0.39 is 0 Å². The van der Waals surface area contributed by atoms with Gasteiger partial charge in [-0.3, -0.25) is 9.63 Å². The smallest absolute Gasteiger partial charge is 0.233 e. The Morgan fingerprint density at radius 1 is 1.18 bits per heavy atom. The predicted octanol–water partition coefficient (Wildman–Crippen LogP) is 2.75. The van der Waals surface area contributed by atoms with E-state index in [9.17, 15) is 4.79 Å². The average Bonchev–Trinajstić information content (AvgIpc) is 2.38. The molecule has 0 aliphatic rings. The molecule has 1 amide bonds. The number of carbonyl (C=O) groups excluding carboxylic acids is 1. The summed E-state index contributed by atoms with van der Waals surface area (Å²) in [6.07, 6.45) is 0.714. The molecule has 2 aromatic rings. The summed E-state index contributed by atoms with van der Waals surface area (Å²) in [5.74, 6) is 0. The van der Waals surface area contributed by atoms with Crippen LogP contribution in [0.15, 0.2) is 42.5 Å². The van der Waals surface area contributed by atoms with Crippen molar-refractivity contribution >= 4 is 17.2 Å². The number of rotatable bonds is 5. The van der Waals surface area contributed by atoms with Crippen molar-refractivity contribution in [3.63, 3.8) is 0 Å². The van der Waals surface area contributed by atoms with Crippen LogP contribution in [0.4, 0.5) is 0 Å². The van der Waals surface area contributed by atoms with Gasteiger partial charge < -0.3 is 0 Å². The van der Waals surface area contributed by atoms with Crippen LogP contribution in [0, 0.1) is 0 Å². The van der Waals surface area contributed by atoms with Gasteiger partial charge in [0, 0.05) is 0 Å². The second-order valence-electron chi connectivity index (χ2n) is 3.74. The van der Waals surface area contributed by atoms with Gasteiger partial charge in [0.15, 0.2) is 0 Å². The average molecular weight is 229 g/mol. The summed E-state index contributed by atoms with van der Waals surface area (Å²) >= 11 is 0. The van der Waals surface area contributed by atoms with E-state index in [2.05, 4.69) is 18.2 Å². The van der Waals surface area contributed by atoms with Crippen LogP contribution in [-0.2, 0) is 16.2 Å². The first-order chi connectivity index (χ1) is 8.35. The first-order valence-electron chi connectivity index (χ1n) is 5.66. The Hall–Kier alpha value is -1.87. The monoisotopic (exact) mass is 229 g/mol. The highest BCUT2D eigenvalue weighted by Gasteiger charge is 2.05. The fraction of sp³-hybridized carbons (Fsp3) is 0.214. The van der Waals surface area contributed by atoms with E-state index >= 15 is 0 Å². The van der Waals surface area contributed by atoms with Crippen molar-refractivity contribution in [3.05, 3.63) is 48.0 Å². The van der Waals surface area contributed by atoms with Crippen LogP contribution in [0.2, 0.25) is 0 Å². The number of fused-ring (bicyclic) bond motifs is 1. The zero-order valence-corrected chi connectivity index (χ0v) is 9.80. The predicted molar refractivity (Wildman–Crippen MR) is 67.2 cm³/mol. The van der Waals surface area contributed by atoms with Crippen LogP contribution in [0.25, 0.3) is 10.8 Å². The number of carbonyl (C=O) groups is 1. The maximum absolute atomic E-state index is 10.8. The quantitative estimate of drug-likeness (QED) is 0.583. The molecule has 0 radical (unpaired) electrons. The van der Waals surface area contributed by atoms with Gasteiger partial charge in [-0.25, -0.2) is 5.06 Å². The molecule has 2 rings (SSSR count). The molecule has 0 N–H and O–H groups in total. The SMILES string of the molecule is CCON(C=O)Cc1cccc2ccccc12. The van der Waals surface area contributed by atoms with Gasteiger partial charge in [-0.1, -0.05) is 42.5 Å². The highest BCUT2D eigenvalue weighted by atomic mass is 16.7. The lowest BCUT2D eigenvalue weighted by atomic mass is 10.0. The van der Waals surface area contributed by atoms with Gasteiger partial charge in [-0.05, 0) is 23.3 Å². The topological polar surface area (TPSA) is 29.5 Å². The number of hydrogen-bond donors (Lipinski definition) is 0. The van der Waals surface area contributed by atoms with Crippen molar-refractivity contribution in [2.24, 2.45) is 0 Å². The standard InChI is InChI=1S/C14H15NO2/c1-2-17-15(11-16)10-13-8-5-7-12-6-3-4-9-14(12)13/h3-9,11H,2,10H2,1H3. The second kappa shape index (κ2) is 5.46. The molecule has 17 heavy (non-hydrogen) atoms. The third-order valence-corrected chi connectivity index (χ3v) is 2.62. The molecule has 88 valence electrons. The molecule has 0 bridgehead atoms. The summed E-state index contributed by atoms with van der Waals surface area (Å²) < 4.78 is 0. The maximum atomic E-state index is 10.8. The van der Waals surface area contributed by atoms with Crippen LogP contribution < -0.4 is 0 Å². The molecular formula is C14H15NO2. The highest BCUT2D eigenvalue weighted by Crippen LogP contribution is 2.19. The van der Waals surface area contributed by atoms with Gasteiger partial charge in [0.25, 0.3) is 0 Å². The Morgan fingerprint density at radius 2 is 1.94 bits per heavy atom. The molecule has 0 saturated heterocycles. The maximum Gasteiger partial charge on any atom is 0.233 e. The summed E-state index contributed by atoms with van der Waals surface area (Å²) in [6, 6.07) is 14.2. The molecule has 0 fully saturated rings. The van der Waals surface area contributed by atoms with Gasteiger partial charge >= 0.3 is 0 Å². The highest BCUT2D eigenvalue weighted by molar-refractivity contribution is 5.85. The molecule has 0 aromatic heterocycles. The molecule has 3 heteroatoms. The Bertz CT molecular complexity index is 505. The molecular weight excluding hydrogens is 214 g/mol.